The van der Waals surface area contributed by atoms with Gasteiger partial charge in [0.1, 0.15) is 73.2 Å². The van der Waals surface area contributed by atoms with Crippen LogP contribution >= 0.6 is 0 Å². The number of carbonyl (C=O) groups is 1. The van der Waals surface area contributed by atoms with Crippen LogP contribution in [-0.2, 0) is 33.2 Å². The Morgan fingerprint density at radius 3 is 1.26 bits per heavy atom. The summed E-state index contributed by atoms with van der Waals surface area (Å²) in [5.41, 5.74) is 0. The second-order valence-corrected chi connectivity index (χ2v) is 23.6. The van der Waals surface area contributed by atoms with Crippen molar-refractivity contribution in [2.45, 2.75) is 324 Å². The normalized spacial score (nSPS) is 29.4. The van der Waals surface area contributed by atoms with E-state index < -0.39 is 124 Å². The van der Waals surface area contributed by atoms with Crippen LogP contribution in [0.15, 0.2) is 60.8 Å². The summed E-state index contributed by atoms with van der Waals surface area (Å²) < 4.78 is 34.3. The number of nitrogens with one attached hydrogen (secondary N) is 1. The van der Waals surface area contributed by atoms with Crippen LogP contribution in [-0.4, -0.2) is 193 Å². The molecule has 0 aromatic carbocycles. The summed E-state index contributed by atoms with van der Waals surface area (Å²) in [4.78, 5) is 13.3. The first-order valence-electron chi connectivity index (χ1n) is 33.0. The molecule has 0 aliphatic carbocycles. The summed E-state index contributed by atoms with van der Waals surface area (Å²) >= 11 is 0. The summed E-state index contributed by atoms with van der Waals surface area (Å²) in [6.45, 7) is 1.67. The standard InChI is InChI=1S/C66H117NO18/c1-3-5-7-9-11-13-15-17-19-21-22-23-24-25-26-27-28-29-31-33-35-37-39-41-43-50(71)49(67-54(72)44-42-40-38-36-34-32-30-20-18-16-14-12-10-8-6-4-2)48-80-64-60(78)57(75)62(52(46-69)82-64)85-66-61(79)58(76)63(53(47-70)83-66)84-65-59(77)56(74)55(73)51(45-68)81-65/h14,16,20,27-28,30,33,35,41,43,49-53,55-66,68-71,73-79H,3-13,15,17-19,21-26,29,31-32,34,36-40,42,44-48H2,1-2H3,(H,67,72)/b16-14-,28-27+,30-20-,35-33+,43-41+. The molecule has 17 unspecified atom stereocenters. The first kappa shape index (κ1) is 76.7. The molecule has 1 amide bonds. The van der Waals surface area contributed by atoms with Crippen molar-refractivity contribution >= 4 is 5.91 Å². The van der Waals surface area contributed by atoms with Crippen LogP contribution in [0.3, 0.4) is 0 Å². The van der Waals surface area contributed by atoms with E-state index in [-0.39, 0.29) is 18.9 Å². The predicted octanol–water partition coefficient (Wildman–Crippen LogP) is 7.60. The molecule has 3 aliphatic heterocycles. The fourth-order valence-corrected chi connectivity index (χ4v) is 10.8. The van der Waals surface area contributed by atoms with Crippen molar-refractivity contribution in [2.75, 3.05) is 26.4 Å². The Bertz CT molecular complexity index is 1780. The number of allylic oxidation sites excluding steroid dienone is 9. The van der Waals surface area contributed by atoms with Crippen LogP contribution in [0.1, 0.15) is 219 Å². The van der Waals surface area contributed by atoms with E-state index in [1.165, 1.54) is 116 Å². The largest absolute Gasteiger partial charge is 0.394 e. The Balaban J connectivity index is 1.49. The molecular formula is C66H117NO18. The fourth-order valence-electron chi connectivity index (χ4n) is 10.8. The van der Waals surface area contributed by atoms with Gasteiger partial charge < -0.3 is 89.9 Å². The van der Waals surface area contributed by atoms with Crippen molar-refractivity contribution in [1.82, 2.24) is 5.32 Å². The monoisotopic (exact) mass is 1210 g/mol. The van der Waals surface area contributed by atoms with Crippen LogP contribution in [0.5, 0.6) is 0 Å². The van der Waals surface area contributed by atoms with Crippen molar-refractivity contribution in [3.05, 3.63) is 60.8 Å². The number of aliphatic hydroxyl groups is 11. The zero-order chi connectivity index (χ0) is 61.9. The van der Waals surface area contributed by atoms with Gasteiger partial charge in [0.25, 0.3) is 0 Å². The first-order chi connectivity index (χ1) is 41.3. The minimum absolute atomic E-state index is 0.214. The number of unbranched alkanes of at least 4 members (excludes halogenated alkanes) is 25. The van der Waals surface area contributed by atoms with Gasteiger partial charge in [0.05, 0.1) is 38.6 Å². The lowest BCUT2D eigenvalue weighted by molar-refractivity contribution is -0.379. The molecule has 3 heterocycles. The van der Waals surface area contributed by atoms with Crippen molar-refractivity contribution in [3.8, 4) is 0 Å². The highest BCUT2D eigenvalue weighted by Crippen LogP contribution is 2.33. The van der Waals surface area contributed by atoms with Crippen LogP contribution in [0, 0.1) is 0 Å². The van der Waals surface area contributed by atoms with Crippen molar-refractivity contribution in [2.24, 2.45) is 0 Å². The molecule has 17 atom stereocenters. The molecule has 0 aromatic rings. The van der Waals surface area contributed by atoms with Crippen LogP contribution < -0.4 is 5.32 Å². The lowest BCUT2D eigenvalue weighted by atomic mass is 9.96. The molecule has 494 valence electrons. The van der Waals surface area contributed by atoms with Gasteiger partial charge in [-0.15, -0.1) is 0 Å². The summed E-state index contributed by atoms with van der Waals surface area (Å²) in [6, 6.07) is -1.01. The molecule has 3 fully saturated rings. The number of hydrogen-bond donors (Lipinski definition) is 12. The average Bonchev–Trinajstić information content (AvgIpc) is 3.49. The molecule has 3 saturated heterocycles. The van der Waals surface area contributed by atoms with Gasteiger partial charge in [0.15, 0.2) is 18.9 Å². The quantitative estimate of drug-likeness (QED) is 0.0206. The summed E-state index contributed by atoms with van der Waals surface area (Å²) in [6.07, 6.45) is 30.6. The molecule has 19 nitrogen and oxygen atoms in total. The maximum atomic E-state index is 13.3. The zero-order valence-electron chi connectivity index (χ0n) is 51.8. The third kappa shape index (κ3) is 31.2. The number of carbonyl (C=O) groups excluding carboxylic acids is 1. The zero-order valence-corrected chi connectivity index (χ0v) is 51.8. The second kappa shape index (κ2) is 48.4. The smallest absolute Gasteiger partial charge is 0.220 e. The number of ether oxygens (including phenoxy) is 6. The highest BCUT2D eigenvalue weighted by atomic mass is 16.8. The van der Waals surface area contributed by atoms with Gasteiger partial charge >= 0.3 is 0 Å². The molecule has 0 radical (unpaired) electrons. The summed E-state index contributed by atoms with van der Waals surface area (Å²) in [5.74, 6) is -0.305. The molecule has 19 heteroatoms. The van der Waals surface area contributed by atoms with E-state index in [0.29, 0.717) is 12.8 Å². The van der Waals surface area contributed by atoms with Gasteiger partial charge in [-0.2, -0.15) is 0 Å². The van der Waals surface area contributed by atoms with E-state index in [1.807, 2.05) is 6.08 Å². The Morgan fingerprint density at radius 2 is 0.788 bits per heavy atom. The first-order valence-corrected chi connectivity index (χ1v) is 33.0. The van der Waals surface area contributed by atoms with Crippen LogP contribution in [0.2, 0.25) is 0 Å². The average molecular weight is 1210 g/mol. The van der Waals surface area contributed by atoms with Crippen LogP contribution in [0.25, 0.3) is 0 Å². The van der Waals surface area contributed by atoms with E-state index in [9.17, 15) is 61.0 Å². The molecule has 12 N–H and O–H groups in total. The predicted molar refractivity (Wildman–Crippen MR) is 328 cm³/mol. The molecule has 0 spiro atoms. The van der Waals surface area contributed by atoms with E-state index >= 15 is 0 Å². The third-order valence-corrected chi connectivity index (χ3v) is 16.3. The fraction of sp³-hybridized carbons (Fsp3) is 0.833. The van der Waals surface area contributed by atoms with Gasteiger partial charge in [-0.1, -0.05) is 197 Å². The van der Waals surface area contributed by atoms with Crippen molar-refractivity contribution in [1.29, 1.82) is 0 Å². The molecule has 0 aromatic heterocycles. The number of rotatable bonds is 49. The molecule has 3 aliphatic rings. The molecule has 3 rings (SSSR count). The van der Waals surface area contributed by atoms with Gasteiger partial charge in [0, 0.05) is 6.42 Å². The lowest BCUT2D eigenvalue weighted by Gasteiger charge is -2.48. The molecule has 0 saturated carbocycles. The summed E-state index contributed by atoms with van der Waals surface area (Å²) in [5, 5.41) is 120. The number of hydrogen-bond acceptors (Lipinski definition) is 18. The van der Waals surface area contributed by atoms with E-state index in [0.717, 1.165) is 70.6 Å². The maximum Gasteiger partial charge on any atom is 0.220 e. The SMILES string of the molecule is CCCCCC/C=C\C/C=C\CCCCCCCC(=O)NC(COC1OC(CO)C(OC2OC(CO)C(OC3OC(CO)C(O)C(O)C3O)C(O)C2O)C(O)C1O)C(O)/C=C/CC/C=C/CC/C=C/CCCCCCCCCCCCCCCC. The van der Waals surface area contributed by atoms with E-state index in [1.54, 1.807) is 6.08 Å². The van der Waals surface area contributed by atoms with Gasteiger partial charge in [-0.3, -0.25) is 4.79 Å². The molecular weight excluding hydrogens is 1090 g/mol. The Morgan fingerprint density at radius 1 is 0.424 bits per heavy atom. The number of aliphatic hydroxyl groups excluding tert-OH is 11. The molecule has 0 bridgehead atoms. The Hall–Kier alpha value is -2.51. The van der Waals surface area contributed by atoms with Gasteiger partial charge in [-0.25, -0.2) is 0 Å². The van der Waals surface area contributed by atoms with Crippen molar-refractivity contribution in [3.63, 3.8) is 0 Å². The van der Waals surface area contributed by atoms with Crippen molar-refractivity contribution < 1.29 is 89.4 Å². The lowest BCUT2D eigenvalue weighted by Crippen LogP contribution is -2.66. The molecule has 85 heavy (non-hydrogen) atoms. The van der Waals surface area contributed by atoms with Gasteiger partial charge in [0.2, 0.25) is 5.91 Å². The minimum Gasteiger partial charge on any atom is -0.394 e. The van der Waals surface area contributed by atoms with Crippen LogP contribution in [0.4, 0.5) is 0 Å². The highest BCUT2D eigenvalue weighted by Gasteiger charge is 2.53. The van der Waals surface area contributed by atoms with E-state index in [4.69, 9.17) is 28.4 Å². The highest BCUT2D eigenvalue weighted by molar-refractivity contribution is 5.76. The maximum absolute atomic E-state index is 13.3. The number of amides is 1. The Kier molecular flexibility index (Phi) is 43.7. The second-order valence-electron chi connectivity index (χ2n) is 23.6. The third-order valence-electron chi connectivity index (χ3n) is 16.3. The Labute approximate surface area is 509 Å². The topological polar surface area (TPSA) is 307 Å². The van der Waals surface area contributed by atoms with E-state index in [2.05, 4.69) is 67.8 Å². The van der Waals surface area contributed by atoms with Gasteiger partial charge in [-0.05, 0) is 77.0 Å². The summed E-state index contributed by atoms with van der Waals surface area (Å²) in [7, 11) is 0. The minimum atomic E-state index is -1.99.